The first kappa shape index (κ1) is 19.8. The van der Waals surface area contributed by atoms with E-state index >= 15 is 0 Å². The molecule has 0 aliphatic rings. The molecule has 1 unspecified atom stereocenters. The van der Waals surface area contributed by atoms with Crippen LogP contribution < -0.4 is 15.4 Å². The Kier molecular flexibility index (Phi) is 6.23. The normalized spacial score (nSPS) is 12.0. The largest absolute Gasteiger partial charge is 0.491 e. The summed E-state index contributed by atoms with van der Waals surface area (Å²) in [6.45, 7) is 4.42. The topological polar surface area (TPSA) is 105 Å². The minimum absolute atomic E-state index is 0.200. The highest BCUT2D eigenvalue weighted by atomic mass is 16.5. The number of ether oxygens (including phenoxy) is 1. The van der Waals surface area contributed by atoms with Crippen molar-refractivity contribution in [2.45, 2.75) is 20.0 Å². The van der Waals surface area contributed by atoms with Crippen molar-refractivity contribution in [2.24, 2.45) is 0 Å². The summed E-state index contributed by atoms with van der Waals surface area (Å²) < 4.78 is 11.0. The van der Waals surface area contributed by atoms with E-state index in [2.05, 4.69) is 20.8 Å². The standard InChI is InChI=1S/C20H25N5O3/c1-12-19(13(2)28-25-12)17-9-18(22-4)24-20(23-17)14-6-5-7-16(8-14)27-11-15(26)10-21-3/h5-9,15,21,26H,10-11H2,1-4H3,(H,22,23,24). The van der Waals surface area contributed by atoms with Gasteiger partial charge in [0.2, 0.25) is 0 Å². The third-order valence-electron chi connectivity index (χ3n) is 4.25. The van der Waals surface area contributed by atoms with Crippen LogP contribution in [0, 0.1) is 13.8 Å². The molecule has 1 aromatic carbocycles. The first-order valence-electron chi connectivity index (χ1n) is 9.07. The Labute approximate surface area is 164 Å². The average molecular weight is 383 g/mol. The molecule has 0 aliphatic carbocycles. The van der Waals surface area contributed by atoms with Crippen molar-refractivity contribution in [3.05, 3.63) is 41.8 Å². The summed E-state index contributed by atoms with van der Waals surface area (Å²) in [4.78, 5) is 9.28. The second-order valence-corrected chi connectivity index (χ2v) is 6.46. The van der Waals surface area contributed by atoms with Crippen LogP contribution in [0.1, 0.15) is 11.5 Å². The molecule has 2 aromatic heterocycles. The third kappa shape index (κ3) is 4.47. The molecule has 0 radical (unpaired) electrons. The molecule has 148 valence electrons. The zero-order valence-electron chi connectivity index (χ0n) is 16.5. The maximum absolute atomic E-state index is 9.82. The van der Waals surface area contributed by atoms with E-state index in [4.69, 9.17) is 14.2 Å². The van der Waals surface area contributed by atoms with Gasteiger partial charge in [-0.25, -0.2) is 9.97 Å². The predicted octanol–water partition coefficient (Wildman–Crippen LogP) is 2.42. The number of nitrogens with zero attached hydrogens (tertiary/aromatic N) is 3. The van der Waals surface area contributed by atoms with Gasteiger partial charge in [0.1, 0.15) is 30.0 Å². The summed E-state index contributed by atoms with van der Waals surface area (Å²) >= 11 is 0. The van der Waals surface area contributed by atoms with Crippen molar-refractivity contribution < 1.29 is 14.4 Å². The Balaban J connectivity index is 1.93. The Morgan fingerprint density at radius 3 is 2.68 bits per heavy atom. The fourth-order valence-corrected chi connectivity index (χ4v) is 2.89. The molecule has 1 atom stereocenters. The molecule has 0 bridgehead atoms. The maximum Gasteiger partial charge on any atom is 0.162 e. The van der Waals surface area contributed by atoms with Gasteiger partial charge in [-0.3, -0.25) is 0 Å². The van der Waals surface area contributed by atoms with Crippen LogP contribution in [-0.2, 0) is 0 Å². The van der Waals surface area contributed by atoms with E-state index in [1.165, 1.54) is 0 Å². The number of aliphatic hydroxyl groups excluding tert-OH is 1. The molecule has 0 fully saturated rings. The molecule has 3 rings (SSSR count). The van der Waals surface area contributed by atoms with E-state index in [1.807, 2.05) is 51.2 Å². The smallest absolute Gasteiger partial charge is 0.162 e. The van der Waals surface area contributed by atoms with Gasteiger partial charge in [-0.1, -0.05) is 17.3 Å². The number of aliphatic hydroxyl groups is 1. The lowest BCUT2D eigenvalue weighted by Gasteiger charge is -2.13. The number of benzene rings is 1. The minimum atomic E-state index is -0.580. The van der Waals surface area contributed by atoms with Gasteiger partial charge in [0.15, 0.2) is 5.82 Å². The lowest BCUT2D eigenvalue weighted by Crippen LogP contribution is -2.29. The number of rotatable bonds is 8. The van der Waals surface area contributed by atoms with Crippen molar-refractivity contribution >= 4 is 5.82 Å². The molecule has 3 N–H and O–H groups in total. The van der Waals surface area contributed by atoms with Crippen LogP contribution in [0.25, 0.3) is 22.6 Å². The van der Waals surface area contributed by atoms with Gasteiger partial charge < -0.3 is 25.0 Å². The molecule has 8 nitrogen and oxygen atoms in total. The predicted molar refractivity (Wildman–Crippen MR) is 107 cm³/mol. The van der Waals surface area contributed by atoms with Crippen molar-refractivity contribution in [1.29, 1.82) is 0 Å². The highest BCUT2D eigenvalue weighted by molar-refractivity contribution is 5.70. The zero-order valence-corrected chi connectivity index (χ0v) is 16.5. The number of aromatic nitrogens is 3. The Morgan fingerprint density at radius 1 is 1.18 bits per heavy atom. The molecule has 0 saturated heterocycles. The number of hydrogen-bond acceptors (Lipinski definition) is 8. The van der Waals surface area contributed by atoms with Crippen LogP contribution in [0.5, 0.6) is 5.75 Å². The van der Waals surface area contributed by atoms with E-state index in [-0.39, 0.29) is 6.61 Å². The average Bonchev–Trinajstić information content (AvgIpc) is 3.04. The number of likely N-dealkylation sites (N-methyl/N-ethyl adjacent to an activating group) is 1. The number of nitrogens with one attached hydrogen (secondary N) is 2. The summed E-state index contributed by atoms with van der Waals surface area (Å²) in [7, 11) is 3.60. The third-order valence-corrected chi connectivity index (χ3v) is 4.25. The van der Waals surface area contributed by atoms with Crippen LogP contribution in [-0.4, -0.2) is 53.6 Å². The van der Waals surface area contributed by atoms with Crippen molar-refractivity contribution in [3.8, 4) is 28.4 Å². The Bertz CT molecular complexity index is 922. The second kappa shape index (κ2) is 8.81. The fraction of sp³-hybridized carbons (Fsp3) is 0.350. The van der Waals surface area contributed by atoms with Crippen LogP contribution in [0.15, 0.2) is 34.9 Å². The van der Waals surface area contributed by atoms with E-state index < -0.39 is 6.10 Å². The van der Waals surface area contributed by atoms with Gasteiger partial charge in [0, 0.05) is 25.2 Å². The lowest BCUT2D eigenvalue weighted by atomic mass is 10.1. The summed E-state index contributed by atoms with van der Waals surface area (Å²) in [6.07, 6.45) is -0.580. The van der Waals surface area contributed by atoms with Crippen LogP contribution in [0.3, 0.4) is 0 Å². The molecular formula is C20H25N5O3. The van der Waals surface area contributed by atoms with E-state index in [0.29, 0.717) is 29.7 Å². The molecule has 8 heteroatoms. The summed E-state index contributed by atoms with van der Waals surface area (Å²) in [6, 6.07) is 9.36. The Hall–Kier alpha value is -2.97. The molecular weight excluding hydrogens is 358 g/mol. The van der Waals surface area contributed by atoms with Crippen molar-refractivity contribution in [2.75, 3.05) is 32.6 Å². The highest BCUT2D eigenvalue weighted by Crippen LogP contribution is 2.30. The summed E-state index contributed by atoms with van der Waals surface area (Å²) in [5, 5.41) is 19.8. The minimum Gasteiger partial charge on any atom is -0.491 e. The first-order chi connectivity index (χ1) is 13.5. The summed E-state index contributed by atoms with van der Waals surface area (Å²) in [5.41, 5.74) is 3.19. The van der Waals surface area contributed by atoms with Gasteiger partial charge >= 0.3 is 0 Å². The molecule has 3 aromatic rings. The molecule has 28 heavy (non-hydrogen) atoms. The van der Waals surface area contributed by atoms with Crippen LogP contribution in [0.4, 0.5) is 5.82 Å². The van der Waals surface area contributed by atoms with Gasteiger partial charge in [-0.2, -0.15) is 0 Å². The monoisotopic (exact) mass is 383 g/mol. The van der Waals surface area contributed by atoms with Gasteiger partial charge in [-0.15, -0.1) is 0 Å². The number of hydrogen-bond donors (Lipinski definition) is 3. The quantitative estimate of drug-likeness (QED) is 0.545. The molecule has 0 spiro atoms. The molecule has 0 saturated carbocycles. The molecule has 0 amide bonds. The van der Waals surface area contributed by atoms with E-state index in [9.17, 15) is 5.11 Å². The van der Waals surface area contributed by atoms with Crippen LogP contribution in [0.2, 0.25) is 0 Å². The Morgan fingerprint density at radius 2 is 2.00 bits per heavy atom. The number of aryl methyl sites for hydroxylation is 2. The SMILES string of the molecule is CNCC(O)COc1cccc(-c2nc(NC)cc(-c3c(C)noc3C)n2)c1. The molecule has 2 heterocycles. The van der Waals surface area contributed by atoms with Crippen molar-refractivity contribution in [3.63, 3.8) is 0 Å². The molecule has 0 aliphatic heterocycles. The van der Waals surface area contributed by atoms with E-state index in [0.717, 1.165) is 22.5 Å². The van der Waals surface area contributed by atoms with Crippen molar-refractivity contribution in [1.82, 2.24) is 20.4 Å². The maximum atomic E-state index is 9.82. The fourth-order valence-electron chi connectivity index (χ4n) is 2.89. The first-order valence-corrected chi connectivity index (χ1v) is 9.07. The van der Waals surface area contributed by atoms with Gasteiger partial charge in [0.05, 0.1) is 17.0 Å². The van der Waals surface area contributed by atoms with E-state index in [1.54, 1.807) is 7.05 Å². The number of anilines is 1. The summed E-state index contributed by atoms with van der Waals surface area (Å²) in [5.74, 6) is 2.60. The second-order valence-electron chi connectivity index (χ2n) is 6.46. The lowest BCUT2D eigenvalue weighted by molar-refractivity contribution is 0.108. The van der Waals surface area contributed by atoms with Gasteiger partial charge in [0.25, 0.3) is 0 Å². The van der Waals surface area contributed by atoms with Crippen LogP contribution >= 0.6 is 0 Å². The highest BCUT2D eigenvalue weighted by Gasteiger charge is 2.16. The van der Waals surface area contributed by atoms with Gasteiger partial charge in [-0.05, 0) is 33.0 Å². The zero-order chi connectivity index (χ0) is 20.1.